The average molecular weight is 366 g/mol. The normalized spacial score (nSPS) is 15.8. The number of aromatic amines is 1. The predicted octanol–water partition coefficient (Wildman–Crippen LogP) is 1.71. The summed E-state index contributed by atoms with van der Waals surface area (Å²) in [6, 6.07) is 9.52. The van der Waals surface area contributed by atoms with Crippen molar-refractivity contribution in [2.75, 3.05) is 45.3 Å². The monoisotopic (exact) mass is 366 g/mol. The van der Waals surface area contributed by atoms with Gasteiger partial charge in [-0.05, 0) is 37.4 Å². The third kappa shape index (κ3) is 3.76. The fraction of sp³-hybridized carbons (Fsp3) is 0.316. The molecule has 0 radical (unpaired) electrons. The second-order valence-corrected chi connectivity index (χ2v) is 6.64. The van der Waals surface area contributed by atoms with Gasteiger partial charge >= 0.3 is 6.01 Å². The Kier molecular flexibility index (Phi) is 4.74. The SMILES string of the molecule is CN1CCN(N(C)c2ccc(Oc3nc4cnccc4c(=O)[nH]3)cc2)CC1. The third-order valence-corrected chi connectivity index (χ3v) is 4.82. The number of benzene rings is 1. The van der Waals surface area contributed by atoms with Gasteiger partial charge in [-0.1, -0.05) is 0 Å². The summed E-state index contributed by atoms with van der Waals surface area (Å²) < 4.78 is 5.73. The van der Waals surface area contributed by atoms with Crippen molar-refractivity contribution in [3.8, 4) is 11.8 Å². The minimum Gasteiger partial charge on any atom is -0.426 e. The molecular weight excluding hydrogens is 344 g/mol. The predicted molar refractivity (Wildman–Crippen MR) is 104 cm³/mol. The summed E-state index contributed by atoms with van der Waals surface area (Å²) in [4.78, 5) is 25.4. The lowest BCUT2D eigenvalue weighted by Crippen LogP contribution is -2.51. The number of hydrogen-bond acceptors (Lipinski definition) is 7. The summed E-state index contributed by atoms with van der Waals surface area (Å²) in [5, 5.41) is 4.98. The van der Waals surface area contributed by atoms with E-state index in [1.807, 2.05) is 24.3 Å². The van der Waals surface area contributed by atoms with Gasteiger partial charge in [0.1, 0.15) is 5.75 Å². The molecule has 8 nitrogen and oxygen atoms in total. The summed E-state index contributed by atoms with van der Waals surface area (Å²) >= 11 is 0. The van der Waals surface area contributed by atoms with Gasteiger partial charge in [-0.3, -0.25) is 14.8 Å². The van der Waals surface area contributed by atoms with E-state index in [2.05, 4.69) is 44.0 Å². The Morgan fingerprint density at radius 1 is 1.11 bits per heavy atom. The Morgan fingerprint density at radius 2 is 1.85 bits per heavy atom. The molecule has 1 saturated heterocycles. The number of pyridine rings is 1. The summed E-state index contributed by atoms with van der Waals surface area (Å²) in [7, 11) is 4.21. The van der Waals surface area contributed by atoms with E-state index in [0.717, 1.165) is 31.9 Å². The molecule has 0 unspecified atom stereocenters. The van der Waals surface area contributed by atoms with Crippen LogP contribution in [0.3, 0.4) is 0 Å². The van der Waals surface area contributed by atoms with E-state index in [4.69, 9.17) is 4.74 Å². The number of hydrogen-bond donors (Lipinski definition) is 1. The van der Waals surface area contributed by atoms with E-state index >= 15 is 0 Å². The van der Waals surface area contributed by atoms with Gasteiger partial charge in [0.25, 0.3) is 5.56 Å². The van der Waals surface area contributed by atoms with Crippen molar-refractivity contribution in [3.63, 3.8) is 0 Å². The zero-order valence-electron chi connectivity index (χ0n) is 15.4. The van der Waals surface area contributed by atoms with Gasteiger partial charge in [-0.2, -0.15) is 4.98 Å². The van der Waals surface area contributed by atoms with E-state index in [9.17, 15) is 4.79 Å². The molecule has 3 heterocycles. The number of fused-ring (bicyclic) bond motifs is 1. The number of likely N-dealkylation sites (N-methyl/N-ethyl adjacent to an activating group) is 1. The fourth-order valence-electron chi connectivity index (χ4n) is 3.12. The first-order valence-corrected chi connectivity index (χ1v) is 8.89. The zero-order valence-corrected chi connectivity index (χ0v) is 15.4. The molecule has 1 aliphatic rings. The van der Waals surface area contributed by atoms with Gasteiger partial charge in [0, 0.05) is 39.4 Å². The van der Waals surface area contributed by atoms with Crippen molar-refractivity contribution in [1.82, 2.24) is 24.9 Å². The number of nitrogens with one attached hydrogen (secondary N) is 1. The zero-order chi connectivity index (χ0) is 18.8. The van der Waals surface area contributed by atoms with Crippen LogP contribution < -0.4 is 15.3 Å². The van der Waals surface area contributed by atoms with Crippen LogP contribution in [-0.4, -0.2) is 65.1 Å². The molecule has 3 aromatic rings. The molecule has 0 spiro atoms. The van der Waals surface area contributed by atoms with Crippen LogP contribution in [0.25, 0.3) is 10.9 Å². The highest BCUT2D eigenvalue weighted by Crippen LogP contribution is 2.23. The molecule has 2 aromatic heterocycles. The van der Waals surface area contributed by atoms with Crippen LogP contribution in [0.1, 0.15) is 0 Å². The molecule has 140 valence electrons. The molecule has 1 N–H and O–H groups in total. The first-order chi connectivity index (χ1) is 13.1. The van der Waals surface area contributed by atoms with Crippen molar-refractivity contribution in [3.05, 3.63) is 53.1 Å². The number of anilines is 1. The van der Waals surface area contributed by atoms with Crippen molar-refractivity contribution in [1.29, 1.82) is 0 Å². The number of ether oxygens (including phenoxy) is 1. The maximum Gasteiger partial charge on any atom is 0.302 e. The maximum atomic E-state index is 12.1. The molecule has 0 aliphatic carbocycles. The number of hydrazine groups is 1. The fourth-order valence-corrected chi connectivity index (χ4v) is 3.12. The van der Waals surface area contributed by atoms with Crippen LogP contribution in [0, 0.1) is 0 Å². The van der Waals surface area contributed by atoms with Gasteiger partial charge in [-0.15, -0.1) is 0 Å². The number of piperazine rings is 1. The van der Waals surface area contributed by atoms with Gasteiger partial charge in [0.05, 0.1) is 22.8 Å². The molecule has 1 fully saturated rings. The number of rotatable bonds is 4. The Morgan fingerprint density at radius 3 is 2.59 bits per heavy atom. The molecule has 0 saturated carbocycles. The molecule has 8 heteroatoms. The second-order valence-electron chi connectivity index (χ2n) is 6.64. The van der Waals surface area contributed by atoms with Gasteiger partial charge < -0.3 is 14.6 Å². The van der Waals surface area contributed by atoms with Crippen molar-refractivity contribution < 1.29 is 4.74 Å². The highest BCUT2D eigenvalue weighted by molar-refractivity contribution is 5.76. The van der Waals surface area contributed by atoms with Gasteiger partial charge in [0.15, 0.2) is 0 Å². The summed E-state index contributed by atoms with van der Waals surface area (Å²) in [5.41, 5.74) is 1.34. The van der Waals surface area contributed by atoms with Crippen molar-refractivity contribution >= 4 is 16.6 Å². The van der Waals surface area contributed by atoms with E-state index in [-0.39, 0.29) is 11.6 Å². The number of nitrogens with zero attached hydrogens (tertiary/aromatic N) is 5. The number of H-pyrrole nitrogens is 1. The smallest absolute Gasteiger partial charge is 0.302 e. The minimum atomic E-state index is -0.246. The minimum absolute atomic E-state index is 0.153. The van der Waals surface area contributed by atoms with Crippen LogP contribution in [0.4, 0.5) is 5.69 Å². The van der Waals surface area contributed by atoms with E-state index in [1.54, 1.807) is 18.5 Å². The average Bonchev–Trinajstić information content (AvgIpc) is 2.69. The third-order valence-electron chi connectivity index (χ3n) is 4.82. The Bertz CT molecular complexity index is 979. The molecule has 1 aliphatic heterocycles. The van der Waals surface area contributed by atoms with Crippen molar-refractivity contribution in [2.24, 2.45) is 0 Å². The molecule has 4 rings (SSSR count). The topological polar surface area (TPSA) is 77.6 Å². The van der Waals surface area contributed by atoms with Crippen LogP contribution in [-0.2, 0) is 0 Å². The van der Waals surface area contributed by atoms with Gasteiger partial charge in [0.2, 0.25) is 0 Å². The second kappa shape index (κ2) is 7.34. The largest absolute Gasteiger partial charge is 0.426 e. The first kappa shape index (κ1) is 17.4. The van der Waals surface area contributed by atoms with E-state index < -0.39 is 0 Å². The molecule has 0 amide bonds. The lowest BCUT2D eigenvalue weighted by Gasteiger charge is -2.39. The molecular formula is C19H22N6O2. The quantitative estimate of drug-likeness (QED) is 0.753. The highest BCUT2D eigenvalue weighted by Gasteiger charge is 2.18. The standard InChI is InChI=1S/C19H22N6O2/c1-23-9-11-25(12-10-23)24(2)14-3-5-15(6-4-14)27-19-21-17-13-20-8-7-16(17)18(26)22-19/h3-8,13H,9-12H2,1-2H3,(H,21,22,26). The Balaban J connectivity index is 1.49. The van der Waals surface area contributed by atoms with Gasteiger partial charge in [-0.25, -0.2) is 5.01 Å². The molecule has 0 bridgehead atoms. The van der Waals surface area contributed by atoms with E-state index in [0.29, 0.717) is 16.7 Å². The summed E-state index contributed by atoms with van der Waals surface area (Å²) in [6.45, 7) is 4.12. The maximum absolute atomic E-state index is 12.1. The van der Waals surface area contributed by atoms with Crippen LogP contribution >= 0.6 is 0 Å². The Hall–Kier alpha value is -2.97. The summed E-state index contributed by atoms with van der Waals surface area (Å²) in [6.07, 6.45) is 3.11. The Labute approximate surface area is 157 Å². The van der Waals surface area contributed by atoms with Crippen LogP contribution in [0.5, 0.6) is 11.8 Å². The van der Waals surface area contributed by atoms with E-state index in [1.165, 1.54) is 0 Å². The lowest BCUT2D eigenvalue weighted by molar-refractivity contribution is 0.148. The molecule has 27 heavy (non-hydrogen) atoms. The molecule has 1 aromatic carbocycles. The summed E-state index contributed by atoms with van der Waals surface area (Å²) in [5.74, 6) is 0.608. The first-order valence-electron chi connectivity index (χ1n) is 8.89. The van der Waals surface area contributed by atoms with Crippen LogP contribution in [0.2, 0.25) is 0 Å². The lowest BCUT2D eigenvalue weighted by atomic mass is 10.3. The van der Waals surface area contributed by atoms with Crippen LogP contribution in [0.15, 0.2) is 47.5 Å². The highest BCUT2D eigenvalue weighted by atomic mass is 16.5. The molecule has 0 atom stereocenters. The number of aromatic nitrogens is 3. The van der Waals surface area contributed by atoms with Crippen molar-refractivity contribution in [2.45, 2.75) is 0 Å².